The normalized spacial score (nSPS) is 14.7. The zero-order valence-electron chi connectivity index (χ0n) is 12.2. The molecule has 114 valence electrons. The molecule has 0 radical (unpaired) electrons. The summed E-state index contributed by atoms with van der Waals surface area (Å²) in [6, 6.07) is 11.5. The Morgan fingerprint density at radius 1 is 1.09 bits per heavy atom. The number of thioether (sulfide) groups is 1. The van der Waals surface area contributed by atoms with Gasteiger partial charge < -0.3 is 0 Å². The molecular weight excluding hydrogens is 335 g/mol. The van der Waals surface area contributed by atoms with Crippen LogP contribution < -0.4 is 0 Å². The molecule has 0 amide bonds. The van der Waals surface area contributed by atoms with E-state index >= 15 is 0 Å². The molecule has 1 aliphatic carbocycles. The van der Waals surface area contributed by atoms with Crippen molar-refractivity contribution in [3.8, 4) is 0 Å². The Labute approximate surface area is 145 Å². The third-order valence-corrected chi connectivity index (χ3v) is 6.06. The van der Waals surface area contributed by atoms with E-state index in [1.54, 1.807) is 12.1 Å². The number of ketones is 1. The van der Waals surface area contributed by atoms with Crippen LogP contribution in [0.3, 0.4) is 0 Å². The third kappa shape index (κ3) is 3.19. The van der Waals surface area contributed by atoms with Gasteiger partial charge in [0.2, 0.25) is 0 Å². The van der Waals surface area contributed by atoms with E-state index in [0.29, 0.717) is 10.0 Å². The average Bonchev–Trinajstić information content (AvgIpc) is 2.97. The van der Waals surface area contributed by atoms with Crippen molar-refractivity contribution < 1.29 is 4.79 Å². The van der Waals surface area contributed by atoms with Gasteiger partial charge in [0.05, 0.1) is 15.3 Å². The molecule has 0 unspecified atom stereocenters. The Morgan fingerprint density at radius 2 is 1.77 bits per heavy atom. The number of hydrogen-bond acceptors (Lipinski definition) is 2. The Kier molecular flexibility index (Phi) is 4.82. The summed E-state index contributed by atoms with van der Waals surface area (Å²) in [5.41, 5.74) is 3.48. The fraction of sp³-hybridized carbons (Fsp3) is 0.278. The minimum atomic E-state index is -0.225. The van der Waals surface area contributed by atoms with E-state index in [4.69, 9.17) is 23.2 Å². The molecular formula is C18H16Cl2OS. The lowest BCUT2D eigenvalue weighted by atomic mass is 10.0. The predicted molar refractivity (Wildman–Crippen MR) is 94.6 cm³/mol. The SMILES string of the molecule is C[C@H](Sc1c(Cl)cccc1Cl)C(=O)c1ccc2c(c1)CCC2. The van der Waals surface area contributed by atoms with Gasteiger partial charge in [-0.2, -0.15) is 0 Å². The maximum atomic E-state index is 12.7. The maximum absolute atomic E-state index is 12.7. The molecule has 0 fully saturated rings. The van der Waals surface area contributed by atoms with Gasteiger partial charge in [-0.3, -0.25) is 4.79 Å². The van der Waals surface area contributed by atoms with Gasteiger partial charge in [0.15, 0.2) is 5.78 Å². The van der Waals surface area contributed by atoms with E-state index in [2.05, 4.69) is 12.1 Å². The van der Waals surface area contributed by atoms with Crippen molar-refractivity contribution in [3.63, 3.8) is 0 Å². The van der Waals surface area contributed by atoms with Crippen molar-refractivity contribution in [2.24, 2.45) is 0 Å². The molecule has 3 rings (SSSR count). The van der Waals surface area contributed by atoms with Crippen LogP contribution >= 0.6 is 35.0 Å². The fourth-order valence-electron chi connectivity index (χ4n) is 2.79. The van der Waals surface area contributed by atoms with Gasteiger partial charge in [-0.05, 0) is 55.5 Å². The summed E-state index contributed by atoms with van der Waals surface area (Å²) in [5.74, 6) is 0.121. The highest BCUT2D eigenvalue weighted by molar-refractivity contribution is 8.00. The summed E-state index contributed by atoms with van der Waals surface area (Å²) in [6.45, 7) is 1.90. The summed E-state index contributed by atoms with van der Waals surface area (Å²) in [4.78, 5) is 13.4. The molecule has 0 bridgehead atoms. The molecule has 0 aliphatic heterocycles. The molecule has 0 aromatic heterocycles. The molecule has 1 nitrogen and oxygen atoms in total. The van der Waals surface area contributed by atoms with E-state index < -0.39 is 0 Å². The topological polar surface area (TPSA) is 17.1 Å². The van der Waals surface area contributed by atoms with Crippen molar-refractivity contribution in [1.29, 1.82) is 0 Å². The van der Waals surface area contributed by atoms with E-state index in [9.17, 15) is 4.79 Å². The minimum Gasteiger partial charge on any atom is -0.293 e. The van der Waals surface area contributed by atoms with Crippen LogP contribution in [-0.2, 0) is 12.8 Å². The Hall–Kier alpha value is -0.960. The lowest BCUT2D eigenvalue weighted by molar-refractivity contribution is 0.0994. The number of rotatable bonds is 4. The smallest absolute Gasteiger partial charge is 0.175 e. The molecule has 0 saturated carbocycles. The first-order chi connectivity index (χ1) is 10.6. The maximum Gasteiger partial charge on any atom is 0.175 e. The largest absolute Gasteiger partial charge is 0.293 e. The van der Waals surface area contributed by atoms with Gasteiger partial charge in [0.25, 0.3) is 0 Å². The summed E-state index contributed by atoms with van der Waals surface area (Å²) in [7, 11) is 0. The number of fused-ring (bicyclic) bond motifs is 1. The van der Waals surface area contributed by atoms with Crippen molar-refractivity contribution in [1.82, 2.24) is 0 Å². The van der Waals surface area contributed by atoms with Gasteiger partial charge in [-0.15, -0.1) is 11.8 Å². The number of carbonyl (C=O) groups excluding carboxylic acids is 1. The quantitative estimate of drug-likeness (QED) is 0.508. The first-order valence-electron chi connectivity index (χ1n) is 7.33. The standard InChI is InChI=1S/C18H16Cl2OS/c1-11(22-18-15(19)6-3-7-16(18)20)17(21)14-9-8-12-4-2-5-13(12)10-14/h3,6-11H,2,4-5H2,1H3/t11-/m0/s1. The van der Waals surface area contributed by atoms with Gasteiger partial charge in [-0.25, -0.2) is 0 Å². The molecule has 22 heavy (non-hydrogen) atoms. The second-order valence-corrected chi connectivity index (χ2v) is 7.68. The Morgan fingerprint density at radius 3 is 2.50 bits per heavy atom. The van der Waals surface area contributed by atoms with Gasteiger partial charge in [-0.1, -0.05) is 41.4 Å². The van der Waals surface area contributed by atoms with Crippen LogP contribution in [0.15, 0.2) is 41.3 Å². The Balaban J connectivity index is 1.80. The second kappa shape index (κ2) is 6.66. The number of benzene rings is 2. The Bertz CT molecular complexity index is 707. The first-order valence-corrected chi connectivity index (χ1v) is 8.96. The van der Waals surface area contributed by atoms with Gasteiger partial charge in [0, 0.05) is 10.5 Å². The number of aryl methyl sites for hydroxylation is 2. The van der Waals surface area contributed by atoms with Crippen LogP contribution in [0.2, 0.25) is 10.0 Å². The summed E-state index contributed by atoms with van der Waals surface area (Å²) < 4.78 is 0. The molecule has 1 aliphatic rings. The minimum absolute atomic E-state index is 0.121. The lowest BCUT2D eigenvalue weighted by Gasteiger charge is -2.13. The van der Waals surface area contributed by atoms with E-state index in [-0.39, 0.29) is 11.0 Å². The monoisotopic (exact) mass is 350 g/mol. The third-order valence-electron chi connectivity index (χ3n) is 3.97. The van der Waals surface area contributed by atoms with Crippen LogP contribution in [-0.4, -0.2) is 11.0 Å². The van der Waals surface area contributed by atoms with Crippen molar-refractivity contribution in [2.45, 2.75) is 36.3 Å². The molecule has 0 spiro atoms. The van der Waals surface area contributed by atoms with Crippen LogP contribution in [0.1, 0.15) is 34.8 Å². The number of hydrogen-bond donors (Lipinski definition) is 0. The fourth-order valence-corrected chi connectivity index (χ4v) is 4.41. The van der Waals surface area contributed by atoms with Gasteiger partial charge >= 0.3 is 0 Å². The number of halogens is 2. The van der Waals surface area contributed by atoms with Crippen molar-refractivity contribution in [2.75, 3.05) is 0 Å². The summed E-state index contributed by atoms with van der Waals surface area (Å²) in [5, 5.41) is 0.953. The molecule has 1 atom stereocenters. The molecule has 0 saturated heterocycles. The number of Topliss-reactive ketones (excluding diaryl/α,β-unsaturated/α-hetero) is 1. The zero-order valence-corrected chi connectivity index (χ0v) is 14.6. The van der Waals surface area contributed by atoms with Crippen LogP contribution in [0.5, 0.6) is 0 Å². The highest BCUT2D eigenvalue weighted by atomic mass is 35.5. The van der Waals surface area contributed by atoms with Crippen LogP contribution in [0.4, 0.5) is 0 Å². The summed E-state index contributed by atoms with van der Waals surface area (Å²) >= 11 is 13.8. The first kappa shape index (κ1) is 15.9. The molecule has 0 heterocycles. The van der Waals surface area contributed by atoms with Crippen molar-refractivity contribution >= 4 is 40.7 Å². The predicted octanol–water partition coefficient (Wildman–Crippen LogP) is 5.85. The van der Waals surface area contributed by atoms with Crippen LogP contribution in [0, 0.1) is 0 Å². The molecule has 4 heteroatoms. The molecule has 0 N–H and O–H groups in total. The molecule has 2 aromatic carbocycles. The number of carbonyl (C=O) groups is 1. The summed E-state index contributed by atoms with van der Waals surface area (Å²) in [6.07, 6.45) is 3.39. The lowest BCUT2D eigenvalue weighted by Crippen LogP contribution is -2.14. The van der Waals surface area contributed by atoms with Gasteiger partial charge in [0.1, 0.15) is 0 Å². The van der Waals surface area contributed by atoms with Crippen molar-refractivity contribution in [3.05, 3.63) is 63.1 Å². The van der Waals surface area contributed by atoms with E-state index in [1.165, 1.54) is 29.3 Å². The highest BCUT2D eigenvalue weighted by Gasteiger charge is 2.21. The molecule has 2 aromatic rings. The van der Waals surface area contributed by atoms with E-state index in [0.717, 1.165) is 23.3 Å². The van der Waals surface area contributed by atoms with E-state index in [1.807, 2.05) is 19.1 Å². The second-order valence-electron chi connectivity index (χ2n) is 5.51. The highest BCUT2D eigenvalue weighted by Crippen LogP contribution is 2.37. The average molecular weight is 351 g/mol. The zero-order chi connectivity index (χ0) is 15.7. The van der Waals surface area contributed by atoms with Crippen LogP contribution in [0.25, 0.3) is 0 Å².